The highest BCUT2D eigenvalue weighted by Gasteiger charge is 2.31. The minimum absolute atomic E-state index is 0.165. The number of carbonyl (C=O) groups excluding carboxylic acids is 2. The van der Waals surface area contributed by atoms with Gasteiger partial charge < -0.3 is 15.2 Å². The maximum atomic E-state index is 12.9. The molecule has 0 unspecified atom stereocenters. The summed E-state index contributed by atoms with van der Waals surface area (Å²) >= 11 is 0. The Morgan fingerprint density at radius 3 is 2.33 bits per heavy atom. The smallest absolute Gasteiger partial charge is 0.366 e. The highest BCUT2D eigenvalue weighted by molar-refractivity contribution is 6.02. The first-order valence-electron chi connectivity index (χ1n) is 10.1. The molecule has 8 heteroatoms. The Bertz CT molecular complexity index is 946. The van der Waals surface area contributed by atoms with Crippen LogP contribution >= 0.6 is 0 Å². The Morgan fingerprint density at radius 1 is 1.17 bits per heavy atom. The molecule has 2 heterocycles. The van der Waals surface area contributed by atoms with Crippen LogP contribution in [0.3, 0.4) is 0 Å². The van der Waals surface area contributed by atoms with Gasteiger partial charge in [-0.25, -0.2) is 0 Å². The summed E-state index contributed by atoms with van der Waals surface area (Å²) < 4.78 is 40.8. The SMILES string of the molecule is CCc1c(-c2ccc(C(F)(F)F)cc2)c(C(N)=O)c(C)n1CCCN1CCCC1=O. The molecule has 162 valence electrons. The Kier molecular flexibility index (Phi) is 6.24. The molecule has 2 aromatic rings. The number of aromatic nitrogens is 1. The Morgan fingerprint density at radius 2 is 1.83 bits per heavy atom. The van der Waals surface area contributed by atoms with Crippen LogP contribution in [-0.4, -0.2) is 34.4 Å². The van der Waals surface area contributed by atoms with Crippen molar-refractivity contribution in [2.45, 2.75) is 52.3 Å². The molecule has 0 aliphatic carbocycles. The zero-order valence-electron chi connectivity index (χ0n) is 17.2. The summed E-state index contributed by atoms with van der Waals surface area (Å²) in [4.78, 5) is 25.9. The van der Waals surface area contributed by atoms with Crippen LogP contribution < -0.4 is 5.73 Å². The molecule has 0 saturated carbocycles. The molecular weight excluding hydrogens is 395 g/mol. The third-order valence-corrected chi connectivity index (χ3v) is 5.69. The summed E-state index contributed by atoms with van der Waals surface area (Å²) in [5.41, 5.74) is 7.92. The lowest BCUT2D eigenvalue weighted by molar-refractivity contribution is -0.137. The molecule has 0 radical (unpaired) electrons. The Balaban J connectivity index is 1.95. The molecule has 2 N–H and O–H groups in total. The average molecular weight is 421 g/mol. The minimum Gasteiger partial charge on any atom is -0.366 e. The Labute approximate surface area is 173 Å². The van der Waals surface area contributed by atoms with Crippen LogP contribution in [0.25, 0.3) is 11.1 Å². The van der Waals surface area contributed by atoms with Gasteiger partial charge in [-0.15, -0.1) is 0 Å². The quantitative estimate of drug-likeness (QED) is 0.730. The molecule has 1 saturated heterocycles. The molecule has 1 aromatic carbocycles. The highest BCUT2D eigenvalue weighted by atomic mass is 19.4. The number of rotatable bonds is 7. The molecular formula is C22H26F3N3O2. The second-order valence-electron chi connectivity index (χ2n) is 7.56. The van der Waals surface area contributed by atoms with Crippen LogP contribution in [0.5, 0.6) is 0 Å². The van der Waals surface area contributed by atoms with Gasteiger partial charge in [-0.05, 0) is 43.9 Å². The first-order chi connectivity index (χ1) is 14.1. The zero-order valence-corrected chi connectivity index (χ0v) is 17.2. The predicted octanol–water partition coefficient (Wildman–Crippen LogP) is 4.16. The van der Waals surface area contributed by atoms with Crippen LogP contribution in [0, 0.1) is 6.92 Å². The van der Waals surface area contributed by atoms with E-state index in [9.17, 15) is 22.8 Å². The van der Waals surface area contributed by atoms with Gasteiger partial charge in [-0.1, -0.05) is 19.1 Å². The van der Waals surface area contributed by atoms with Gasteiger partial charge in [0.2, 0.25) is 5.91 Å². The monoisotopic (exact) mass is 421 g/mol. The third kappa shape index (κ3) is 4.22. The number of amides is 2. The summed E-state index contributed by atoms with van der Waals surface area (Å²) in [5, 5.41) is 0. The van der Waals surface area contributed by atoms with Gasteiger partial charge in [0, 0.05) is 43.0 Å². The van der Waals surface area contributed by atoms with Crippen molar-refractivity contribution in [3.8, 4) is 11.1 Å². The number of carbonyl (C=O) groups is 2. The topological polar surface area (TPSA) is 68.3 Å². The standard InChI is InChI=1S/C22H26F3N3O2/c1-3-17-20(15-7-9-16(10-8-15)22(23,24)25)19(21(26)30)14(2)28(17)13-5-12-27-11-4-6-18(27)29/h7-10H,3-6,11-13H2,1-2H3,(H2,26,30). The van der Waals surface area contributed by atoms with Gasteiger partial charge in [0.05, 0.1) is 11.1 Å². The average Bonchev–Trinajstić information content (AvgIpc) is 3.22. The van der Waals surface area contributed by atoms with Gasteiger partial charge in [-0.3, -0.25) is 9.59 Å². The van der Waals surface area contributed by atoms with Crippen molar-refractivity contribution in [3.05, 3.63) is 46.8 Å². The fourth-order valence-corrected chi connectivity index (χ4v) is 4.27. The van der Waals surface area contributed by atoms with E-state index in [1.54, 1.807) is 6.92 Å². The third-order valence-electron chi connectivity index (χ3n) is 5.69. The molecule has 3 rings (SSSR count). The van der Waals surface area contributed by atoms with E-state index in [1.165, 1.54) is 12.1 Å². The Hall–Kier alpha value is -2.77. The van der Waals surface area contributed by atoms with Crippen molar-refractivity contribution in [1.82, 2.24) is 9.47 Å². The summed E-state index contributed by atoms with van der Waals surface area (Å²) in [6.07, 6.45) is -1.64. The van der Waals surface area contributed by atoms with Gasteiger partial charge >= 0.3 is 6.18 Å². The first kappa shape index (κ1) is 21.9. The highest BCUT2D eigenvalue weighted by Crippen LogP contribution is 2.36. The van der Waals surface area contributed by atoms with Crippen molar-refractivity contribution in [3.63, 3.8) is 0 Å². The van der Waals surface area contributed by atoms with Gasteiger partial charge in [0.1, 0.15) is 0 Å². The fraction of sp³-hybridized carbons (Fsp3) is 0.455. The molecule has 2 amide bonds. The molecule has 30 heavy (non-hydrogen) atoms. The van der Waals surface area contributed by atoms with Crippen LogP contribution in [-0.2, 0) is 23.9 Å². The van der Waals surface area contributed by atoms with Crippen molar-refractivity contribution >= 4 is 11.8 Å². The van der Waals surface area contributed by atoms with Crippen molar-refractivity contribution in [1.29, 1.82) is 0 Å². The van der Waals surface area contributed by atoms with E-state index < -0.39 is 17.6 Å². The van der Waals surface area contributed by atoms with Crippen LogP contribution in [0.15, 0.2) is 24.3 Å². The largest absolute Gasteiger partial charge is 0.416 e. The molecule has 0 atom stereocenters. The molecule has 0 bridgehead atoms. The number of halogens is 3. The minimum atomic E-state index is -4.42. The number of alkyl halides is 3. The van der Waals surface area contributed by atoms with Gasteiger partial charge in [0.25, 0.3) is 5.91 Å². The maximum absolute atomic E-state index is 12.9. The van der Waals surface area contributed by atoms with Gasteiger partial charge in [0.15, 0.2) is 0 Å². The van der Waals surface area contributed by atoms with E-state index in [0.717, 1.165) is 37.2 Å². The second-order valence-corrected chi connectivity index (χ2v) is 7.56. The predicted molar refractivity (Wildman–Crippen MR) is 108 cm³/mol. The molecule has 1 aliphatic heterocycles. The van der Waals surface area contributed by atoms with E-state index >= 15 is 0 Å². The van der Waals surface area contributed by atoms with Gasteiger partial charge in [-0.2, -0.15) is 13.2 Å². The molecule has 5 nitrogen and oxygen atoms in total. The number of primary amides is 1. The number of hydrogen-bond acceptors (Lipinski definition) is 2. The van der Waals surface area contributed by atoms with E-state index in [4.69, 9.17) is 5.73 Å². The van der Waals surface area contributed by atoms with Crippen molar-refractivity contribution in [2.24, 2.45) is 5.73 Å². The fourth-order valence-electron chi connectivity index (χ4n) is 4.27. The lowest BCUT2D eigenvalue weighted by Gasteiger charge is -2.17. The maximum Gasteiger partial charge on any atom is 0.416 e. The molecule has 1 aliphatic rings. The lowest BCUT2D eigenvalue weighted by Crippen LogP contribution is -2.26. The van der Waals surface area contributed by atoms with Crippen molar-refractivity contribution < 1.29 is 22.8 Å². The van der Waals surface area contributed by atoms with E-state index in [-0.39, 0.29) is 5.91 Å². The van der Waals surface area contributed by atoms with E-state index in [2.05, 4.69) is 0 Å². The molecule has 1 aromatic heterocycles. The summed E-state index contributed by atoms with van der Waals surface area (Å²) in [7, 11) is 0. The molecule has 1 fully saturated rings. The first-order valence-corrected chi connectivity index (χ1v) is 10.1. The van der Waals surface area contributed by atoms with Crippen LogP contribution in [0.1, 0.15) is 53.5 Å². The van der Waals surface area contributed by atoms with Crippen LogP contribution in [0.4, 0.5) is 13.2 Å². The number of nitrogens with zero attached hydrogens (tertiary/aromatic N) is 2. The summed E-state index contributed by atoms with van der Waals surface area (Å²) in [6, 6.07) is 4.81. The summed E-state index contributed by atoms with van der Waals surface area (Å²) in [5.74, 6) is -0.441. The lowest BCUT2D eigenvalue weighted by atomic mass is 9.97. The number of hydrogen-bond donors (Lipinski definition) is 1. The summed E-state index contributed by atoms with van der Waals surface area (Å²) in [6.45, 7) is 5.75. The second kappa shape index (κ2) is 8.53. The van der Waals surface area contributed by atoms with E-state index in [0.29, 0.717) is 48.3 Å². The van der Waals surface area contributed by atoms with E-state index in [1.807, 2.05) is 16.4 Å². The normalized spacial score (nSPS) is 14.6. The molecule has 0 spiro atoms. The number of benzene rings is 1. The number of nitrogens with two attached hydrogens (primary N) is 1. The zero-order chi connectivity index (χ0) is 22.1. The van der Waals surface area contributed by atoms with Crippen LogP contribution in [0.2, 0.25) is 0 Å². The number of likely N-dealkylation sites (tertiary alicyclic amines) is 1. The van der Waals surface area contributed by atoms with Crippen molar-refractivity contribution in [2.75, 3.05) is 13.1 Å².